The summed E-state index contributed by atoms with van der Waals surface area (Å²) in [6, 6.07) is 8.11. The van der Waals surface area contributed by atoms with E-state index in [-0.39, 0.29) is 0 Å². The Morgan fingerprint density at radius 2 is 1.82 bits per heavy atom. The lowest BCUT2D eigenvalue weighted by Crippen LogP contribution is -2.36. The number of nitrogens with zero attached hydrogens (tertiary/aromatic N) is 2. The second kappa shape index (κ2) is 4.51. The minimum absolute atomic E-state index is 0.706. The first kappa shape index (κ1) is 10.8. The predicted octanol–water partition coefficient (Wildman–Crippen LogP) is 2.72. The second-order valence-electron chi connectivity index (χ2n) is 4.07. The third-order valence-electron chi connectivity index (χ3n) is 3.04. The number of benzene rings is 1. The molecule has 1 saturated heterocycles. The number of hydrogen-bond donors (Lipinski definition) is 0. The molecule has 0 amide bonds. The number of hydrogen-bond acceptors (Lipinski definition) is 3. The minimum Gasteiger partial charge on any atom is -0.378 e. The first-order valence-corrected chi connectivity index (χ1v) is 6.10. The van der Waals surface area contributed by atoms with Gasteiger partial charge in [0.1, 0.15) is 5.82 Å². The Kier molecular flexibility index (Phi) is 2.87. The highest BCUT2D eigenvalue weighted by atomic mass is 35.5. The van der Waals surface area contributed by atoms with Crippen LogP contribution in [0.15, 0.2) is 30.5 Å². The molecule has 3 rings (SSSR count). The summed E-state index contributed by atoms with van der Waals surface area (Å²) >= 11 is 6.16. The maximum atomic E-state index is 6.16. The number of fused-ring (bicyclic) bond motifs is 1. The number of pyridine rings is 1. The fourth-order valence-corrected chi connectivity index (χ4v) is 2.38. The molecule has 0 unspecified atom stereocenters. The lowest BCUT2D eigenvalue weighted by Gasteiger charge is -2.28. The van der Waals surface area contributed by atoms with E-state index >= 15 is 0 Å². The highest BCUT2D eigenvalue weighted by molar-refractivity contribution is 6.35. The van der Waals surface area contributed by atoms with Crippen molar-refractivity contribution in [1.29, 1.82) is 0 Å². The third kappa shape index (κ3) is 1.96. The molecule has 88 valence electrons. The SMILES string of the molecule is Clc1cnc(N2CCOCC2)c2ccccc12. The molecule has 17 heavy (non-hydrogen) atoms. The van der Waals surface area contributed by atoms with Gasteiger partial charge in [0.25, 0.3) is 0 Å². The molecule has 1 aliphatic heterocycles. The van der Waals surface area contributed by atoms with Crippen molar-refractivity contribution in [2.75, 3.05) is 31.2 Å². The van der Waals surface area contributed by atoms with Crippen LogP contribution in [-0.2, 0) is 4.74 Å². The molecule has 0 spiro atoms. The summed E-state index contributed by atoms with van der Waals surface area (Å²) < 4.78 is 5.36. The van der Waals surface area contributed by atoms with Crippen LogP contribution in [0, 0.1) is 0 Å². The molecular weight excluding hydrogens is 236 g/mol. The van der Waals surface area contributed by atoms with Crippen molar-refractivity contribution in [3.8, 4) is 0 Å². The molecule has 1 fully saturated rings. The summed E-state index contributed by atoms with van der Waals surface area (Å²) in [5, 5.41) is 2.88. The van der Waals surface area contributed by atoms with Crippen LogP contribution < -0.4 is 4.90 Å². The van der Waals surface area contributed by atoms with Crippen LogP contribution >= 0.6 is 11.6 Å². The van der Waals surface area contributed by atoms with E-state index in [1.54, 1.807) is 6.20 Å². The van der Waals surface area contributed by atoms with Gasteiger partial charge in [0.15, 0.2) is 0 Å². The van der Waals surface area contributed by atoms with Crippen LogP contribution in [0.2, 0.25) is 5.02 Å². The molecule has 0 bridgehead atoms. The Balaban J connectivity index is 2.12. The molecule has 1 aliphatic rings. The van der Waals surface area contributed by atoms with E-state index in [0.717, 1.165) is 42.9 Å². The fourth-order valence-electron chi connectivity index (χ4n) is 2.17. The number of morpholine rings is 1. The van der Waals surface area contributed by atoms with Gasteiger partial charge in [-0.05, 0) is 0 Å². The highest BCUT2D eigenvalue weighted by Gasteiger charge is 2.15. The van der Waals surface area contributed by atoms with E-state index in [2.05, 4.69) is 16.0 Å². The van der Waals surface area contributed by atoms with E-state index in [1.165, 1.54) is 0 Å². The van der Waals surface area contributed by atoms with Crippen LogP contribution in [0.5, 0.6) is 0 Å². The number of rotatable bonds is 1. The summed E-state index contributed by atoms with van der Waals surface area (Å²) in [6.07, 6.45) is 1.73. The predicted molar refractivity (Wildman–Crippen MR) is 69.8 cm³/mol. The van der Waals surface area contributed by atoms with Crippen molar-refractivity contribution >= 4 is 28.2 Å². The third-order valence-corrected chi connectivity index (χ3v) is 3.34. The van der Waals surface area contributed by atoms with Crippen molar-refractivity contribution in [3.63, 3.8) is 0 Å². The van der Waals surface area contributed by atoms with Gasteiger partial charge in [0.05, 0.1) is 18.2 Å². The van der Waals surface area contributed by atoms with Crippen molar-refractivity contribution in [3.05, 3.63) is 35.5 Å². The molecule has 0 aliphatic carbocycles. The largest absolute Gasteiger partial charge is 0.378 e. The van der Waals surface area contributed by atoms with Gasteiger partial charge >= 0.3 is 0 Å². The van der Waals surface area contributed by atoms with Gasteiger partial charge in [-0.25, -0.2) is 4.98 Å². The Bertz CT molecular complexity index is 538. The average molecular weight is 249 g/mol. The Morgan fingerprint density at radius 1 is 1.12 bits per heavy atom. The average Bonchev–Trinajstić information content (AvgIpc) is 2.41. The first-order chi connectivity index (χ1) is 8.36. The van der Waals surface area contributed by atoms with Gasteiger partial charge in [-0.3, -0.25) is 0 Å². The Morgan fingerprint density at radius 3 is 2.59 bits per heavy atom. The highest BCUT2D eigenvalue weighted by Crippen LogP contribution is 2.29. The van der Waals surface area contributed by atoms with Gasteiger partial charge in [-0.1, -0.05) is 35.9 Å². The monoisotopic (exact) mass is 248 g/mol. The molecule has 3 nitrogen and oxygen atoms in total. The van der Waals surface area contributed by atoms with Crippen LogP contribution in [0.1, 0.15) is 0 Å². The second-order valence-corrected chi connectivity index (χ2v) is 4.48. The molecule has 0 saturated carbocycles. The summed E-state index contributed by atoms with van der Waals surface area (Å²) in [4.78, 5) is 6.72. The molecule has 0 N–H and O–H groups in total. The van der Waals surface area contributed by atoms with Crippen LogP contribution in [0.3, 0.4) is 0 Å². The Hall–Kier alpha value is -1.32. The summed E-state index contributed by atoms with van der Waals surface area (Å²) in [5.41, 5.74) is 0. The van der Waals surface area contributed by atoms with E-state index < -0.39 is 0 Å². The van der Waals surface area contributed by atoms with E-state index in [0.29, 0.717) is 5.02 Å². The number of aromatic nitrogens is 1. The number of ether oxygens (including phenoxy) is 1. The summed E-state index contributed by atoms with van der Waals surface area (Å²) in [6.45, 7) is 3.30. The molecule has 0 atom stereocenters. The molecule has 4 heteroatoms. The van der Waals surface area contributed by atoms with Crippen molar-refractivity contribution in [2.24, 2.45) is 0 Å². The fraction of sp³-hybridized carbons (Fsp3) is 0.308. The van der Waals surface area contributed by atoms with Crippen LogP contribution in [0.25, 0.3) is 10.8 Å². The smallest absolute Gasteiger partial charge is 0.136 e. The molecule has 2 heterocycles. The molecule has 0 radical (unpaired) electrons. The summed E-state index contributed by atoms with van der Waals surface area (Å²) in [5.74, 6) is 1.01. The molecular formula is C13H13ClN2O. The Labute approximate surface area is 105 Å². The van der Waals surface area contributed by atoms with E-state index in [1.807, 2.05) is 18.2 Å². The zero-order chi connectivity index (χ0) is 11.7. The summed E-state index contributed by atoms with van der Waals surface area (Å²) in [7, 11) is 0. The molecule has 2 aromatic rings. The number of anilines is 1. The van der Waals surface area contributed by atoms with Gasteiger partial charge in [0.2, 0.25) is 0 Å². The minimum atomic E-state index is 0.706. The maximum Gasteiger partial charge on any atom is 0.136 e. The van der Waals surface area contributed by atoms with E-state index in [4.69, 9.17) is 16.3 Å². The zero-order valence-corrected chi connectivity index (χ0v) is 10.2. The van der Waals surface area contributed by atoms with Crippen LogP contribution in [-0.4, -0.2) is 31.3 Å². The molecule has 1 aromatic carbocycles. The maximum absolute atomic E-state index is 6.16. The van der Waals surface area contributed by atoms with Crippen molar-refractivity contribution in [2.45, 2.75) is 0 Å². The van der Waals surface area contributed by atoms with E-state index in [9.17, 15) is 0 Å². The standard InChI is InChI=1S/C13H13ClN2O/c14-12-9-15-13(16-5-7-17-8-6-16)11-4-2-1-3-10(11)12/h1-4,9H,5-8H2. The quantitative estimate of drug-likeness (QED) is 0.776. The van der Waals surface area contributed by atoms with Gasteiger partial charge in [-0.2, -0.15) is 0 Å². The van der Waals surface area contributed by atoms with Crippen molar-refractivity contribution < 1.29 is 4.74 Å². The van der Waals surface area contributed by atoms with Gasteiger partial charge in [-0.15, -0.1) is 0 Å². The first-order valence-electron chi connectivity index (χ1n) is 5.72. The van der Waals surface area contributed by atoms with Crippen molar-refractivity contribution in [1.82, 2.24) is 4.98 Å². The van der Waals surface area contributed by atoms with Crippen LogP contribution in [0.4, 0.5) is 5.82 Å². The number of halogens is 1. The zero-order valence-electron chi connectivity index (χ0n) is 9.40. The molecule has 1 aromatic heterocycles. The van der Waals surface area contributed by atoms with Gasteiger partial charge in [0, 0.05) is 30.1 Å². The van der Waals surface area contributed by atoms with Gasteiger partial charge < -0.3 is 9.64 Å². The lowest BCUT2D eigenvalue weighted by molar-refractivity contribution is 0.122. The topological polar surface area (TPSA) is 25.4 Å². The normalized spacial score (nSPS) is 16.4. The lowest BCUT2D eigenvalue weighted by atomic mass is 10.1.